The first kappa shape index (κ1) is 12.1. The monoisotopic (exact) mass is 246 g/mol. The summed E-state index contributed by atoms with van der Waals surface area (Å²) in [5.41, 5.74) is 0.783. The van der Waals surface area contributed by atoms with Crippen LogP contribution in [0.5, 0.6) is 5.75 Å². The summed E-state index contributed by atoms with van der Waals surface area (Å²) >= 11 is 0. The van der Waals surface area contributed by atoms with Gasteiger partial charge in [-0.2, -0.15) is 0 Å². The second-order valence-electron chi connectivity index (χ2n) is 3.70. The van der Waals surface area contributed by atoms with Crippen molar-refractivity contribution in [3.8, 4) is 16.9 Å². The third-order valence-corrected chi connectivity index (χ3v) is 2.61. The Morgan fingerprint density at radius 2 is 1.89 bits per heavy atom. The fourth-order valence-electron chi connectivity index (χ4n) is 1.73. The number of halogens is 1. The lowest BCUT2D eigenvalue weighted by molar-refractivity contribution is 0.0697. The van der Waals surface area contributed by atoms with Gasteiger partial charge in [0.2, 0.25) is 0 Å². The van der Waals surface area contributed by atoms with Gasteiger partial charge in [-0.1, -0.05) is 18.2 Å². The smallest absolute Gasteiger partial charge is 0.335 e. The molecule has 0 amide bonds. The van der Waals surface area contributed by atoms with Gasteiger partial charge in [-0.05, 0) is 24.3 Å². The average molecular weight is 246 g/mol. The first-order valence-electron chi connectivity index (χ1n) is 5.29. The number of carboxylic acids is 1. The van der Waals surface area contributed by atoms with Gasteiger partial charge < -0.3 is 9.84 Å². The Labute approximate surface area is 103 Å². The Kier molecular flexibility index (Phi) is 3.28. The number of para-hydroxylation sites is 1. The summed E-state index contributed by atoms with van der Waals surface area (Å²) in [4.78, 5) is 10.9. The van der Waals surface area contributed by atoms with Crippen molar-refractivity contribution >= 4 is 5.97 Å². The predicted octanol–water partition coefficient (Wildman–Crippen LogP) is 3.20. The summed E-state index contributed by atoms with van der Waals surface area (Å²) in [6, 6.07) is 10.6. The van der Waals surface area contributed by atoms with Crippen molar-refractivity contribution in [2.75, 3.05) is 7.11 Å². The first-order valence-corrected chi connectivity index (χ1v) is 5.29. The molecule has 0 aliphatic carbocycles. The van der Waals surface area contributed by atoms with Crippen LogP contribution >= 0.6 is 0 Å². The van der Waals surface area contributed by atoms with Crippen LogP contribution in [-0.2, 0) is 0 Å². The fraction of sp³-hybridized carbons (Fsp3) is 0.0714. The molecule has 0 aliphatic heterocycles. The summed E-state index contributed by atoms with van der Waals surface area (Å²) in [6.07, 6.45) is 0. The fourth-order valence-corrected chi connectivity index (χ4v) is 1.73. The normalized spacial score (nSPS) is 10.1. The van der Waals surface area contributed by atoms with Gasteiger partial charge >= 0.3 is 5.97 Å². The summed E-state index contributed by atoms with van der Waals surface area (Å²) < 4.78 is 18.9. The first-order chi connectivity index (χ1) is 8.63. The molecular formula is C14H11FO3. The quantitative estimate of drug-likeness (QED) is 0.904. The van der Waals surface area contributed by atoms with Crippen molar-refractivity contribution in [3.63, 3.8) is 0 Å². The van der Waals surface area contributed by atoms with Crippen LogP contribution in [-0.4, -0.2) is 18.2 Å². The number of rotatable bonds is 3. The summed E-state index contributed by atoms with van der Waals surface area (Å²) in [5.74, 6) is -1.07. The van der Waals surface area contributed by atoms with E-state index in [4.69, 9.17) is 9.84 Å². The van der Waals surface area contributed by atoms with Crippen LogP contribution in [0.4, 0.5) is 4.39 Å². The number of carboxylic acid groups (broad SMARTS) is 1. The van der Waals surface area contributed by atoms with Gasteiger partial charge in [0.15, 0.2) is 0 Å². The van der Waals surface area contributed by atoms with Crippen LogP contribution in [0.25, 0.3) is 11.1 Å². The van der Waals surface area contributed by atoms with Crippen LogP contribution in [0.15, 0.2) is 42.5 Å². The molecule has 0 atom stereocenters. The van der Waals surface area contributed by atoms with Crippen LogP contribution < -0.4 is 4.74 Å². The van der Waals surface area contributed by atoms with Crippen molar-refractivity contribution in [3.05, 3.63) is 53.8 Å². The van der Waals surface area contributed by atoms with Crippen molar-refractivity contribution < 1.29 is 19.0 Å². The molecule has 2 aromatic carbocycles. The highest BCUT2D eigenvalue weighted by molar-refractivity contribution is 5.90. The summed E-state index contributed by atoms with van der Waals surface area (Å²) in [6.45, 7) is 0. The van der Waals surface area contributed by atoms with Gasteiger partial charge in [-0.3, -0.25) is 0 Å². The van der Waals surface area contributed by atoms with Crippen molar-refractivity contribution in [2.24, 2.45) is 0 Å². The molecule has 0 aromatic heterocycles. The zero-order chi connectivity index (χ0) is 13.1. The Bertz CT molecular complexity index is 593. The predicted molar refractivity (Wildman–Crippen MR) is 65.3 cm³/mol. The van der Waals surface area contributed by atoms with E-state index in [-0.39, 0.29) is 11.1 Å². The number of methoxy groups -OCH3 is 1. The number of aromatic carboxylic acids is 1. The van der Waals surface area contributed by atoms with Gasteiger partial charge in [0, 0.05) is 11.1 Å². The number of carbonyl (C=O) groups is 1. The van der Waals surface area contributed by atoms with E-state index >= 15 is 0 Å². The molecule has 3 nitrogen and oxygen atoms in total. The van der Waals surface area contributed by atoms with Crippen LogP contribution in [0.1, 0.15) is 10.4 Å². The van der Waals surface area contributed by atoms with Crippen molar-refractivity contribution in [1.29, 1.82) is 0 Å². The lowest BCUT2D eigenvalue weighted by atomic mass is 10.0. The zero-order valence-corrected chi connectivity index (χ0v) is 9.68. The highest BCUT2D eigenvalue weighted by Gasteiger charge is 2.13. The second-order valence-corrected chi connectivity index (χ2v) is 3.70. The minimum atomic E-state index is -1.09. The lowest BCUT2D eigenvalue weighted by Crippen LogP contribution is -1.98. The maximum absolute atomic E-state index is 13.8. The minimum Gasteiger partial charge on any atom is -0.496 e. The van der Waals surface area contributed by atoms with Gasteiger partial charge in [0.25, 0.3) is 0 Å². The molecule has 0 radical (unpaired) electrons. The van der Waals surface area contributed by atoms with E-state index in [0.29, 0.717) is 11.3 Å². The van der Waals surface area contributed by atoms with Crippen LogP contribution in [0, 0.1) is 5.82 Å². The number of hydrogen-bond acceptors (Lipinski definition) is 2. The van der Waals surface area contributed by atoms with E-state index in [1.54, 1.807) is 24.3 Å². The maximum atomic E-state index is 13.8. The third kappa shape index (κ3) is 2.18. The molecule has 1 N–H and O–H groups in total. The molecule has 0 heterocycles. The van der Waals surface area contributed by atoms with E-state index in [2.05, 4.69) is 0 Å². The number of ether oxygens (including phenoxy) is 1. The molecule has 2 aromatic rings. The molecule has 2 rings (SSSR count). The average Bonchev–Trinajstić information content (AvgIpc) is 2.39. The molecule has 92 valence electrons. The van der Waals surface area contributed by atoms with Crippen LogP contribution in [0.3, 0.4) is 0 Å². The largest absolute Gasteiger partial charge is 0.496 e. The molecular weight excluding hydrogens is 235 g/mol. The maximum Gasteiger partial charge on any atom is 0.335 e. The lowest BCUT2D eigenvalue weighted by Gasteiger charge is -2.09. The minimum absolute atomic E-state index is 0.0392. The summed E-state index contributed by atoms with van der Waals surface area (Å²) in [7, 11) is 1.48. The highest BCUT2D eigenvalue weighted by atomic mass is 19.1. The van der Waals surface area contributed by atoms with Crippen molar-refractivity contribution in [1.82, 2.24) is 0 Å². The Hall–Kier alpha value is -2.36. The molecule has 0 saturated carbocycles. The van der Waals surface area contributed by atoms with Gasteiger partial charge in [-0.15, -0.1) is 0 Å². The molecule has 0 spiro atoms. The number of hydrogen-bond donors (Lipinski definition) is 1. The van der Waals surface area contributed by atoms with E-state index in [1.807, 2.05) is 0 Å². The molecule has 0 bridgehead atoms. The van der Waals surface area contributed by atoms with E-state index in [0.717, 1.165) is 6.07 Å². The molecule has 0 aliphatic rings. The zero-order valence-electron chi connectivity index (χ0n) is 9.68. The Morgan fingerprint density at radius 3 is 2.56 bits per heavy atom. The Morgan fingerprint density at radius 1 is 1.17 bits per heavy atom. The topological polar surface area (TPSA) is 46.5 Å². The van der Waals surface area contributed by atoms with Gasteiger partial charge in [-0.25, -0.2) is 9.18 Å². The highest BCUT2D eigenvalue weighted by Crippen LogP contribution is 2.32. The summed E-state index contributed by atoms with van der Waals surface area (Å²) in [5, 5.41) is 8.92. The molecule has 0 unspecified atom stereocenters. The van der Waals surface area contributed by atoms with Gasteiger partial charge in [0.05, 0.1) is 12.7 Å². The van der Waals surface area contributed by atoms with E-state index in [1.165, 1.54) is 19.2 Å². The van der Waals surface area contributed by atoms with Crippen LogP contribution in [0.2, 0.25) is 0 Å². The molecule has 0 saturated heterocycles. The van der Waals surface area contributed by atoms with Crippen molar-refractivity contribution in [2.45, 2.75) is 0 Å². The SMILES string of the molecule is COc1ccccc1-c1cc(C(=O)O)ccc1F. The Balaban J connectivity index is 2.62. The third-order valence-electron chi connectivity index (χ3n) is 2.61. The molecule has 4 heteroatoms. The molecule has 18 heavy (non-hydrogen) atoms. The number of benzene rings is 2. The molecule has 0 fully saturated rings. The second kappa shape index (κ2) is 4.87. The van der Waals surface area contributed by atoms with E-state index in [9.17, 15) is 9.18 Å². The van der Waals surface area contributed by atoms with Gasteiger partial charge in [0.1, 0.15) is 11.6 Å². The standard InChI is InChI=1S/C14H11FO3/c1-18-13-5-3-2-4-10(13)11-8-9(14(16)17)6-7-12(11)15/h2-8H,1H3,(H,16,17). The van der Waals surface area contributed by atoms with E-state index < -0.39 is 11.8 Å².